The van der Waals surface area contributed by atoms with E-state index in [4.69, 9.17) is 15.2 Å². The van der Waals surface area contributed by atoms with Gasteiger partial charge in [0.2, 0.25) is 0 Å². The molecule has 0 aromatic heterocycles. The van der Waals surface area contributed by atoms with E-state index < -0.39 is 5.60 Å². The second-order valence-corrected chi connectivity index (χ2v) is 5.37. The summed E-state index contributed by atoms with van der Waals surface area (Å²) < 4.78 is 10.8. The summed E-state index contributed by atoms with van der Waals surface area (Å²) in [6.07, 6.45) is 0.537. The van der Waals surface area contributed by atoms with Crippen molar-refractivity contribution in [2.75, 3.05) is 19.7 Å². The van der Waals surface area contributed by atoms with Crippen LogP contribution in [0.15, 0.2) is 0 Å². The van der Waals surface area contributed by atoms with Crippen LogP contribution in [-0.2, 0) is 9.47 Å². The second-order valence-electron chi connectivity index (χ2n) is 5.37. The molecule has 1 fully saturated rings. The average Bonchev–Trinajstić information content (AvgIpc) is 2.18. The average molecular weight is 244 g/mol. The maximum atomic E-state index is 11.8. The summed E-state index contributed by atoms with van der Waals surface area (Å²) >= 11 is 0. The monoisotopic (exact) mass is 244 g/mol. The zero-order valence-corrected chi connectivity index (χ0v) is 11.2. The summed E-state index contributed by atoms with van der Waals surface area (Å²) in [6, 6.07) is -0.129. The Morgan fingerprint density at radius 1 is 1.47 bits per heavy atom. The zero-order valence-electron chi connectivity index (χ0n) is 11.2. The van der Waals surface area contributed by atoms with Gasteiger partial charge in [0.15, 0.2) is 0 Å². The van der Waals surface area contributed by atoms with Crippen LogP contribution < -0.4 is 5.73 Å². The minimum Gasteiger partial charge on any atom is -0.444 e. The molecule has 1 aliphatic rings. The SMILES string of the molecule is CCOC1CCN(C(=O)OC(C)(C)C)CC1N. The molecular weight excluding hydrogens is 220 g/mol. The van der Waals surface area contributed by atoms with Crippen molar-refractivity contribution in [3.63, 3.8) is 0 Å². The van der Waals surface area contributed by atoms with Crippen molar-refractivity contribution in [3.05, 3.63) is 0 Å². The van der Waals surface area contributed by atoms with Crippen molar-refractivity contribution in [1.82, 2.24) is 4.90 Å². The third kappa shape index (κ3) is 4.52. The molecule has 5 heteroatoms. The first-order valence-electron chi connectivity index (χ1n) is 6.18. The zero-order chi connectivity index (χ0) is 13.1. The van der Waals surface area contributed by atoms with E-state index >= 15 is 0 Å². The van der Waals surface area contributed by atoms with Crippen LogP contribution >= 0.6 is 0 Å². The van der Waals surface area contributed by atoms with Gasteiger partial charge in [-0.3, -0.25) is 0 Å². The first kappa shape index (κ1) is 14.3. The molecule has 1 saturated heterocycles. The van der Waals surface area contributed by atoms with Gasteiger partial charge in [0, 0.05) is 25.7 Å². The fourth-order valence-corrected chi connectivity index (χ4v) is 1.87. The fraction of sp³-hybridized carbons (Fsp3) is 0.917. The molecule has 0 radical (unpaired) electrons. The van der Waals surface area contributed by atoms with E-state index in [1.807, 2.05) is 27.7 Å². The highest BCUT2D eigenvalue weighted by Gasteiger charge is 2.31. The van der Waals surface area contributed by atoms with Crippen LogP contribution in [0.4, 0.5) is 4.79 Å². The predicted octanol–water partition coefficient (Wildman–Crippen LogP) is 1.36. The molecule has 0 bridgehead atoms. The van der Waals surface area contributed by atoms with E-state index in [2.05, 4.69) is 0 Å². The lowest BCUT2D eigenvalue weighted by Crippen LogP contribution is -2.54. The molecule has 0 aromatic carbocycles. The molecule has 2 unspecified atom stereocenters. The molecule has 2 atom stereocenters. The number of likely N-dealkylation sites (tertiary alicyclic amines) is 1. The Kier molecular flexibility index (Phi) is 4.77. The van der Waals surface area contributed by atoms with E-state index in [9.17, 15) is 4.79 Å². The molecule has 100 valence electrons. The lowest BCUT2D eigenvalue weighted by atomic mass is 10.0. The molecule has 2 N–H and O–H groups in total. The first-order valence-corrected chi connectivity index (χ1v) is 6.18. The molecule has 0 spiro atoms. The number of hydrogen-bond donors (Lipinski definition) is 1. The van der Waals surface area contributed by atoms with Gasteiger partial charge < -0.3 is 20.1 Å². The van der Waals surface area contributed by atoms with Crippen LogP contribution in [0.1, 0.15) is 34.1 Å². The van der Waals surface area contributed by atoms with Gasteiger partial charge in [-0.1, -0.05) is 0 Å². The van der Waals surface area contributed by atoms with E-state index in [0.717, 1.165) is 6.42 Å². The first-order chi connectivity index (χ1) is 7.83. The Labute approximate surface area is 103 Å². The van der Waals surface area contributed by atoms with Gasteiger partial charge in [0.1, 0.15) is 5.60 Å². The molecule has 17 heavy (non-hydrogen) atoms. The molecule has 1 amide bonds. The predicted molar refractivity (Wildman–Crippen MR) is 65.8 cm³/mol. The van der Waals surface area contributed by atoms with Crippen LogP contribution in [0, 0.1) is 0 Å². The van der Waals surface area contributed by atoms with Gasteiger partial charge in [-0.15, -0.1) is 0 Å². The highest BCUT2D eigenvalue weighted by molar-refractivity contribution is 5.68. The summed E-state index contributed by atoms with van der Waals surface area (Å²) in [7, 11) is 0. The number of hydrogen-bond acceptors (Lipinski definition) is 4. The lowest BCUT2D eigenvalue weighted by Gasteiger charge is -2.37. The number of rotatable bonds is 2. The fourth-order valence-electron chi connectivity index (χ4n) is 1.87. The van der Waals surface area contributed by atoms with Crippen LogP contribution in [0.25, 0.3) is 0 Å². The maximum absolute atomic E-state index is 11.8. The topological polar surface area (TPSA) is 64.8 Å². The van der Waals surface area contributed by atoms with Gasteiger partial charge in [0.05, 0.1) is 6.10 Å². The summed E-state index contributed by atoms with van der Waals surface area (Å²) in [4.78, 5) is 13.5. The molecule has 0 saturated carbocycles. The quantitative estimate of drug-likeness (QED) is 0.796. The van der Waals surface area contributed by atoms with Crippen molar-refractivity contribution in [2.45, 2.75) is 51.9 Å². The summed E-state index contributed by atoms with van der Waals surface area (Å²) in [5.41, 5.74) is 5.52. The summed E-state index contributed by atoms with van der Waals surface area (Å²) in [6.45, 7) is 9.33. The smallest absolute Gasteiger partial charge is 0.410 e. The number of piperidine rings is 1. The van der Waals surface area contributed by atoms with Crippen molar-refractivity contribution in [3.8, 4) is 0 Å². The Morgan fingerprint density at radius 3 is 2.59 bits per heavy atom. The van der Waals surface area contributed by atoms with Crippen molar-refractivity contribution in [2.24, 2.45) is 5.73 Å². The molecule has 0 aliphatic carbocycles. The second kappa shape index (κ2) is 5.69. The summed E-state index contributed by atoms with van der Waals surface area (Å²) in [5, 5.41) is 0. The number of ether oxygens (including phenoxy) is 2. The van der Waals surface area contributed by atoms with Crippen LogP contribution in [-0.4, -0.2) is 48.4 Å². The molecule has 5 nitrogen and oxygen atoms in total. The van der Waals surface area contributed by atoms with Crippen molar-refractivity contribution >= 4 is 6.09 Å². The van der Waals surface area contributed by atoms with Gasteiger partial charge in [-0.2, -0.15) is 0 Å². The highest BCUT2D eigenvalue weighted by atomic mass is 16.6. The Balaban J connectivity index is 2.46. The van der Waals surface area contributed by atoms with Gasteiger partial charge in [-0.25, -0.2) is 4.79 Å². The molecule has 0 aromatic rings. The minimum absolute atomic E-state index is 0.0543. The minimum atomic E-state index is -0.460. The summed E-state index contributed by atoms with van der Waals surface area (Å²) in [5.74, 6) is 0. The van der Waals surface area contributed by atoms with E-state index in [1.54, 1.807) is 4.90 Å². The van der Waals surface area contributed by atoms with Crippen LogP contribution in [0.5, 0.6) is 0 Å². The number of nitrogens with two attached hydrogens (primary N) is 1. The molecule has 1 rings (SSSR count). The van der Waals surface area contributed by atoms with Crippen LogP contribution in [0.3, 0.4) is 0 Å². The molecular formula is C12H24N2O3. The standard InChI is InChI=1S/C12H24N2O3/c1-5-16-10-6-7-14(8-9(10)13)11(15)17-12(2,3)4/h9-10H,5-8,13H2,1-4H3. The third-order valence-corrected chi connectivity index (χ3v) is 2.62. The van der Waals surface area contributed by atoms with Crippen molar-refractivity contribution < 1.29 is 14.3 Å². The van der Waals surface area contributed by atoms with Gasteiger partial charge in [-0.05, 0) is 34.1 Å². The molecule has 1 heterocycles. The Hall–Kier alpha value is -0.810. The van der Waals surface area contributed by atoms with E-state index in [-0.39, 0.29) is 18.2 Å². The maximum Gasteiger partial charge on any atom is 0.410 e. The number of carbonyl (C=O) groups excluding carboxylic acids is 1. The lowest BCUT2D eigenvalue weighted by molar-refractivity contribution is -0.0172. The number of amides is 1. The normalized spacial score (nSPS) is 25.8. The number of carbonyl (C=O) groups is 1. The third-order valence-electron chi connectivity index (χ3n) is 2.62. The van der Waals surface area contributed by atoms with E-state index in [0.29, 0.717) is 19.7 Å². The Bertz CT molecular complexity index is 263. The number of nitrogens with zero attached hydrogens (tertiary/aromatic N) is 1. The van der Waals surface area contributed by atoms with E-state index in [1.165, 1.54) is 0 Å². The van der Waals surface area contributed by atoms with Gasteiger partial charge >= 0.3 is 6.09 Å². The van der Waals surface area contributed by atoms with Crippen LogP contribution in [0.2, 0.25) is 0 Å². The highest BCUT2D eigenvalue weighted by Crippen LogP contribution is 2.16. The van der Waals surface area contributed by atoms with Gasteiger partial charge in [0.25, 0.3) is 0 Å². The molecule has 1 aliphatic heterocycles. The Morgan fingerprint density at radius 2 is 2.12 bits per heavy atom. The van der Waals surface area contributed by atoms with Crippen molar-refractivity contribution in [1.29, 1.82) is 0 Å². The largest absolute Gasteiger partial charge is 0.444 e.